The highest BCUT2D eigenvalue weighted by atomic mass is 19.4. The van der Waals surface area contributed by atoms with E-state index in [1.807, 2.05) is 13.8 Å². The average molecular weight is 255 g/mol. The molecule has 0 bridgehead atoms. The van der Waals surface area contributed by atoms with Gasteiger partial charge in [-0.3, -0.25) is 4.79 Å². The quantitative estimate of drug-likeness (QED) is 0.705. The Morgan fingerprint density at radius 3 is 2.29 bits per heavy atom. The molecular weight excluding hydrogens is 235 g/mol. The van der Waals surface area contributed by atoms with Gasteiger partial charge in [-0.15, -0.1) is 0 Å². The highest BCUT2D eigenvalue weighted by Crippen LogP contribution is 2.19. The second-order valence-corrected chi connectivity index (χ2v) is 4.40. The van der Waals surface area contributed by atoms with Crippen LogP contribution in [0, 0.1) is 0 Å². The normalized spacial score (nSPS) is 14.4. The van der Waals surface area contributed by atoms with Crippen LogP contribution in [0.1, 0.15) is 20.3 Å². The summed E-state index contributed by atoms with van der Waals surface area (Å²) in [5.74, 6) is -0.558. The number of hydrogen-bond acceptors (Lipinski definition) is 3. The molecular formula is C10H20F3N3O. The van der Waals surface area contributed by atoms with Crippen molar-refractivity contribution in [2.75, 3.05) is 20.1 Å². The maximum absolute atomic E-state index is 12.0. The standard InChI is InChI=1S/C10H20F3N3O/c1-7(2)15-8(9(14)17)6-16(3)5-4-10(11,12)13/h7-8,15H,4-6H2,1-3H3,(H2,14,17). The molecule has 0 heterocycles. The van der Waals surface area contributed by atoms with E-state index >= 15 is 0 Å². The number of rotatable bonds is 7. The molecule has 0 aliphatic rings. The van der Waals surface area contributed by atoms with Crippen molar-refractivity contribution in [2.24, 2.45) is 5.73 Å². The number of nitrogens with zero attached hydrogens (tertiary/aromatic N) is 1. The van der Waals surface area contributed by atoms with Crippen molar-refractivity contribution in [1.29, 1.82) is 0 Å². The molecule has 0 aromatic rings. The van der Waals surface area contributed by atoms with Gasteiger partial charge in [0, 0.05) is 19.1 Å². The van der Waals surface area contributed by atoms with Gasteiger partial charge >= 0.3 is 6.18 Å². The van der Waals surface area contributed by atoms with Crippen LogP contribution in [-0.2, 0) is 4.79 Å². The summed E-state index contributed by atoms with van der Waals surface area (Å²) in [6, 6.07) is -0.586. The van der Waals surface area contributed by atoms with E-state index in [-0.39, 0.29) is 19.1 Å². The molecule has 0 fully saturated rings. The first-order chi connectivity index (χ1) is 7.61. The van der Waals surface area contributed by atoms with Gasteiger partial charge in [0.15, 0.2) is 0 Å². The zero-order chi connectivity index (χ0) is 13.6. The third kappa shape index (κ3) is 8.93. The second-order valence-electron chi connectivity index (χ2n) is 4.40. The monoisotopic (exact) mass is 255 g/mol. The maximum atomic E-state index is 12.0. The van der Waals surface area contributed by atoms with Gasteiger partial charge in [-0.25, -0.2) is 0 Å². The predicted octanol–water partition coefficient (Wildman–Crippen LogP) is 0.722. The molecule has 0 saturated carbocycles. The summed E-state index contributed by atoms with van der Waals surface area (Å²) in [7, 11) is 1.53. The highest BCUT2D eigenvalue weighted by molar-refractivity contribution is 5.80. The van der Waals surface area contributed by atoms with Gasteiger partial charge in [-0.05, 0) is 7.05 Å². The predicted molar refractivity (Wildman–Crippen MR) is 59.4 cm³/mol. The number of hydrogen-bond donors (Lipinski definition) is 2. The zero-order valence-corrected chi connectivity index (χ0v) is 10.3. The van der Waals surface area contributed by atoms with Crippen molar-refractivity contribution in [3.63, 3.8) is 0 Å². The Morgan fingerprint density at radius 1 is 1.41 bits per heavy atom. The molecule has 4 nitrogen and oxygen atoms in total. The first-order valence-corrected chi connectivity index (χ1v) is 5.42. The number of nitrogens with two attached hydrogens (primary N) is 1. The molecule has 3 N–H and O–H groups in total. The lowest BCUT2D eigenvalue weighted by Crippen LogP contribution is -2.50. The summed E-state index contributed by atoms with van der Waals surface area (Å²) in [4.78, 5) is 12.5. The molecule has 1 amide bonds. The third-order valence-corrected chi connectivity index (χ3v) is 2.15. The SMILES string of the molecule is CC(C)NC(CN(C)CCC(F)(F)F)C(N)=O. The zero-order valence-electron chi connectivity index (χ0n) is 10.3. The molecule has 0 aliphatic heterocycles. The van der Waals surface area contributed by atoms with Crippen LogP contribution in [-0.4, -0.2) is 49.2 Å². The van der Waals surface area contributed by atoms with Gasteiger partial charge < -0.3 is 16.0 Å². The molecule has 17 heavy (non-hydrogen) atoms. The van der Waals surface area contributed by atoms with Crippen LogP contribution in [0.3, 0.4) is 0 Å². The molecule has 0 aromatic heterocycles. The molecule has 0 saturated heterocycles. The van der Waals surface area contributed by atoms with E-state index in [1.165, 1.54) is 11.9 Å². The Kier molecular flexibility index (Phi) is 6.48. The summed E-state index contributed by atoms with van der Waals surface area (Å²) in [5, 5.41) is 2.91. The van der Waals surface area contributed by atoms with Gasteiger partial charge in [0.1, 0.15) is 0 Å². The van der Waals surface area contributed by atoms with E-state index in [1.54, 1.807) is 0 Å². The third-order valence-electron chi connectivity index (χ3n) is 2.15. The summed E-state index contributed by atoms with van der Waals surface area (Å²) in [5.41, 5.74) is 5.16. The summed E-state index contributed by atoms with van der Waals surface area (Å²) < 4.78 is 36.0. The van der Waals surface area contributed by atoms with Crippen molar-refractivity contribution in [1.82, 2.24) is 10.2 Å². The highest BCUT2D eigenvalue weighted by Gasteiger charge is 2.28. The number of amides is 1. The lowest BCUT2D eigenvalue weighted by atomic mass is 10.2. The molecule has 0 aromatic carbocycles. The Labute approximate surface area is 99.3 Å². The van der Waals surface area contributed by atoms with Crippen molar-refractivity contribution in [3.8, 4) is 0 Å². The Balaban J connectivity index is 4.13. The number of carbonyl (C=O) groups excluding carboxylic acids is 1. The number of carbonyl (C=O) groups is 1. The van der Waals surface area contributed by atoms with Crippen LogP contribution in [0.5, 0.6) is 0 Å². The first-order valence-electron chi connectivity index (χ1n) is 5.42. The van der Waals surface area contributed by atoms with Crippen molar-refractivity contribution < 1.29 is 18.0 Å². The van der Waals surface area contributed by atoms with Gasteiger partial charge in [0.25, 0.3) is 0 Å². The molecule has 0 rings (SSSR count). The van der Waals surface area contributed by atoms with Gasteiger partial charge in [0.2, 0.25) is 5.91 Å². The van der Waals surface area contributed by atoms with Crippen LogP contribution in [0.2, 0.25) is 0 Å². The lowest BCUT2D eigenvalue weighted by Gasteiger charge is -2.24. The smallest absolute Gasteiger partial charge is 0.368 e. The molecule has 0 aliphatic carbocycles. The van der Waals surface area contributed by atoms with E-state index in [2.05, 4.69) is 5.32 Å². The lowest BCUT2D eigenvalue weighted by molar-refractivity contribution is -0.137. The fraction of sp³-hybridized carbons (Fsp3) is 0.900. The number of alkyl halides is 3. The second kappa shape index (κ2) is 6.80. The first kappa shape index (κ1) is 16.2. The largest absolute Gasteiger partial charge is 0.390 e. The van der Waals surface area contributed by atoms with E-state index in [4.69, 9.17) is 5.73 Å². The summed E-state index contributed by atoms with van der Waals surface area (Å²) in [6.45, 7) is 3.70. The van der Waals surface area contributed by atoms with Crippen LogP contribution < -0.4 is 11.1 Å². The number of nitrogens with one attached hydrogen (secondary N) is 1. The van der Waals surface area contributed by atoms with E-state index in [0.717, 1.165) is 0 Å². The van der Waals surface area contributed by atoms with E-state index in [9.17, 15) is 18.0 Å². The minimum Gasteiger partial charge on any atom is -0.368 e. The topological polar surface area (TPSA) is 58.4 Å². The Hall–Kier alpha value is -0.820. The Morgan fingerprint density at radius 2 is 1.94 bits per heavy atom. The minimum atomic E-state index is -4.18. The van der Waals surface area contributed by atoms with Gasteiger partial charge in [-0.1, -0.05) is 13.8 Å². The fourth-order valence-corrected chi connectivity index (χ4v) is 1.35. The van der Waals surface area contributed by atoms with Crippen LogP contribution in [0.4, 0.5) is 13.2 Å². The van der Waals surface area contributed by atoms with Gasteiger partial charge in [0.05, 0.1) is 12.5 Å². The number of halogens is 3. The van der Waals surface area contributed by atoms with E-state index < -0.39 is 24.5 Å². The Bertz CT molecular complexity index is 243. The maximum Gasteiger partial charge on any atom is 0.390 e. The summed E-state index contributed by atoms with van der Waals surface area (Å²) >= 11 is 0. The van der Waals surface area contributed by atoms with Crippen molar-refractivity contribution in [2.45, 2.75) is 38.5 Å². The van der Waals surface area contributed by atoms with E-state index in [0.29, 0.717) is 0 Å². The molecule has 0 radical (unpaired) electrons. The van der Waals surface area contributed by atoms with Crippen molar-refractivity contribution in [3.05, 3.63) is 0 Å². The van der Waals surface area contributed by atoms with Crippen LogP contribution in [0.15, 0.2) is 0 Å². The van der Waals surface area contributed by atoms with Gasteiger partial charge in [-0.2, -0.15) is 13.2 Å². The summed E-state index contributed by atoms with van der Waals surface area (Å²) in [6.07, 6.45) is -5.07. The molecule has 7 heteroatoms. The minimum absolute atomic E-state index is 0.0449. The molecule has 1 unspecified atom stereocenters. The fourth-order valence-electron chi connectivity index (χ4n) is 1.35. The number of likely N-dealkylation sites (N-methyl/N-ethyl adjacent to an activating group) is 1. The molecule has 1 atom stereocenters. The average Bonchev–Trinajstić information content (AvgIpc) is 2.11. The molecule has 0 spiro atoms. The van der Waals surface area contributed by atoms with Crippen LogP contribution >= 0.6 is 0 Å². The van der Waals surface area contributed by atoms with Crippen molar-refractivity contribution >= 4 is 5.91 Å². The number of primary amides is 1. The van der Waals surface area contributed by atoms with Crippen LogP contribution in [0.25, 0.3) is 0 Å². The molecule has 102 valence electrons.